The summed E-state index contributed by atoms with van der Waals surface area (Å²) in [5.74, 6) is 0.309. The third-order valence-electron chi connectivity index (χ3n) is 4.63. The molecule has 0 bridgehead atoms. The summed E-state index contributed by atoms with van der Waals surface area (Å²) in [5, 5.41) is 2.75. The first-order valence-corrected chi connectivity index (χ1v) is 9.55. The second-order valence-electron chi connectivity index (χ2n) is 6.45. The maximum Gasteiger partial charge on any atom is 0.0345 e. The molecule has 0 aliphatic carbocycles. The van der Waals surface area contributed by atoms with Gasteiger partial charge in [-0.1, -0.05) is 92.7 Å². The SMILES string of the molecule is CCc1ccccc1C(c1ccccc1)c1ccccc1CC.CNC. The molecule has 0 radical (unpaired) electrons. The van der Waals surface area contributed by atoms with Gasteiger partial charge in [-0.3, -0.25) is 0 Å². The van der Waals surface area contributed by atoms with Crippen LogP contribution in [0.2, 0.25) is 0 Å². The Morgan fingerprint density at radius 2 is 1.00 bits per heavy atom. The Kier molecular flexibility index (Phi) is 8.11. The summed E-state index contributed by atoms with van der Waals surface area (Å²) in [4.78, 5) is 0. The van der Waals surface area contributed by atoms with Crippen LogP contribution in [0.1, 0.15) is 47.6 Å². The monoisotopic (exact) mass is 345 g/mol. The van der Waals surface area contributed by atoms with Crippen molar-refractivity contribution in [3.05, 3.63) is 107 Å². The van der Waals surface area contributed by atoms with E-state index < -0.39 is 0 Å². The van der Waals surface area contributed by atoms with Gasteiger partial charge in [0, 0.05) is 5.92 Å². The van der Waals surface area contributed by atoms with E-state index in [9.17, 15) is 0 Å². The first kappa shape index (κ1) is 19.9. The van der Waals surface area contributed by atoms with E-state index in [0.717, 1.165) is 12.8 Å². The summed E-state index contributed by atoms with van der Waals surface area (Å²) < 4.78 is 0. The normalized spacial score (nSPS) is 10.3. The van der Waals surface area contributed by atoms with Crippen molar-refractivity contribution in [1.82, 2.24) is 5.32 Å². The van der Waals surface area contributed by atoms with Gasteiger partial charge < -0.3 is 5.32 Å². The van der Waals surface area contributed by atoms with Crippen LogP contribution >= 0.6 is 0 Å². The summed E-state index contributed by atoms with van der Waals surface area (Å²) in [5.41, 5.74) is 7.11. The average Bonchev–Trinajstić information content (AvgIpc) is 2.70. The van der Waals surface area contributed by atoms with Crippen LogP contribution in [0, 0.1) is 0 Å². The van der Waals surface area contributed by atoms with Crippen molar-refractivity contribution in [2.24, 2.45) is 0 Å². The molecule has 0 saturated carbocycles. The molecule has 26 heavy (non-hydrogen) atoms. The van der Waals surface area contributed by atoms with Gasteiger partial charge in [-0.15, -0.1) is 0 Å². The van der Waals surface area contributed by atoms with Gasteiger partial charge in [-0.2, -0.15) is 0 Å². The zero-order valence-corrected chi connectivity index (χ0v) is 16.5. The Hall–Kier alpha value is -2.38. The van der Waals surface area contributed by atoms with Crippen LogP contribution in [-0.2, 0) is 12.8 Å². The van der Waals surface area contributed by atoms with E-state index in [1.54, 1.807) is 0 Å². The van der Waals surface area contributed by atoms with Crippen molar-refractivity contribution in [3.63, 3.8) is 0 Å². The van der Waals surface area contributed by atoms with Gasteiger partial charge >= 0.3 is 0 Å². The summed E-state index contributed by atoms with van der Waals surface area (Å²) in [6.07, 6.45) is 2.13. The molecule has 136 valence electrons. The van der Waals surface area contributed by atoms with E-state index >= 15 is 0 Å². The molecule has 0 fully saturated rings. The number of nitrogens with one attached hydrogen (secondary N) is 1. The van der Waals surface area contributed by atoms with E-state index in [2.05, 4.69) is 98.0 Å². The molecule has 0 atom stereocenters. The molecule has 3 aromatic rings. The molecule has 3 rings (SSSR count). The molecular weight excluding hydrogens is 314 g/mol. The fourth-order valence-electron chi connectivity index (χ4n) is 3.45. The minimum atomic E-state index is 0.309. The lowest BCUT2D eigenvalue weighted by Gasteiger charge is -2.24. The number of aryl methyl sites for hydroxylation is 2. The first-order valence-electron chi connectivity index (χ1n) is 9.55. The predicted molar refractivity (Wildman–Crippen MR) is 114 cm³/mol. The second kappa shape index (κ2) is 10.6. The quantitative estimate of drug-likeness (QED) is 0.574. The fourth-order valence-corrected chi connectivity index (χ4v) is 3.45. The Morgan fingerprint density at radius 1 is 0.615 bits per heavy atom. The molecule has 0 heterocycles. The summed E-state index contributed by atoms with van der Waals surface area (Å²) in [6, 6.07) is 28.6. The standard InChI is InChI=1S/C23H24.C2H7N/c1-3-18-12-8-10-16-21(18)23(20-14-6-5-7-15-20)22-17-11-9-13-19(22)4-2;1-3-2/h5-17,23H,3-4H2,1-2H3;3H,1-2H3. The van der Waals surface area contributed by atoms with Gasteiger partial charge in [0.2, 0.25) is 0 Å². The summed E-state index contributed by atoms with van der Waals surface area (Å²) in [7, 11) is 3.75. The van der Waals surface area contributed by atoms with Crippen molar-refractivity contribution >= 4 is 0 Å². The highest BCUT2D eigenvalue weighted by Crippen LogP contribution is 2.36. The molecule has 0 amide bonds. The highest BCUT2D eigenvalue weighted by atomic mass is 14.7. The topological polar surface area (TPSA) is 12.0 Å². The van der Waals surface area contributed by atoms with Crippen molar-refractivity contribution in [2.45, 2.75) is 32.6 Å². The van der Waals surface area contributed by atoms with Gasteiger partial charge in [0.15, 0.2) is 0 Å². The molecule has 0 aromatic heterocycles. The van der Waals surface area contributed by atoms with E-state index in [4.69, 9.17) is 0 Å². The van der Waals surface area contributed by atoms with Crippen molar-refractivity contribution in [1.29, 1.82) is 0 Å². The number of hydrogen-bond acceptors (Lipinski definition) is 1. The molecular formula is C25H31N. The van der Waals surface area contributed by atoms with Crippen LogP contribution in [0.3, 0.4) is 0 Å². The molecule has 3 aromatic carbocycles. The van der Waals surface area contributed by atoms with Crippen molar-refractivity contribution in [2.75, 3.05) is 14.1 Å². The van der Waals surface area contributed by atoms with E-state index in [1.807, 2.05) is 14.1 Å². The lowest BCUT2D eigenvalue weighted by atomic mass is 9.80. The van der Waals surface area contributed by atoms with Crippen LogP contribution in [0.15, 0.2) is 78.9 Å². The third kappa shape index (κ3) is 4.83. The van der Waals surface area contributed by atoms with Gasteiger partial charge in [-0.25, -0.2) is 0 Å². The molecule has 0 aliphatic rings. The van der Waals surface area contributed by atoms with Crippen LogP contribution < -0.4 is 5.32 Å². The molecule has 1 heteroatoms. The van der Waals surface area contributed by atoms with Gasteiger partial charge in [0.25, 0.3) is 0 Å². The Balaban J connectivity index is 0.000000758. The smallest absolute Gasteiger partial charge is 0.0345 e. The zero-order valence-electron chi connectivity index (χ0n) is 16.5. The zero-order chi connectivity index (χ0) is 18.8. The summed E-state index contributed by atoms with van der Waals surface area (Å²) >= 11 is 0. The molecule has 1 N–H and O–H groups in total. The van der Waals surface area contributed by atoms with E-state index in [1.165, 1.54) is 27.8 Å². The Bertz CT molecular complexity index is 729. The first-order chi connectivity index (χ1) is 12.8. The lowest BCUT2D eigenvalue weighted by Crippen LogP contribution is -2.08. The minimum Gasteiger partial charge on any atom is -0.323 e. The minimum absolute atomic E-state index is 0.309. The van der Waals surface area contributed by atoms with E-state index in [0.29, 0.717) is 5.92 Å². The molecule has 0 unspecified atom stereocenters. The number of rotatable bonds is 5. The largest absolute Gasteiger partial charge is 0.323 e. The number of hydrogen-bond donors (Lipinski definition) is 1. The second-order valence-corrected chi connectivity index (χ2v) is 6.45. The number of benzene rings is 3. The maximum atomic E-state index is 2.75. The molecule has 1 nitrogen and oxygen atoms in total. The highest BCUT2D eigenvalue weighted by Gasteiger charge is 2.20. The molecule has 0 saturated heterocycles. The van der Waals surface area contributed by atoms with E-state index in [-0.39, 0.29) is 0 Å². The predicted octanol–water partition coefficient (Wildman–Crippen LogP) is 5.83. The third-order valence-corrected chi connectivity index (χ3v) is 4.63. The fraction of sp³-hybridized carbons (Fsp3) is 0.280. The van der Waals surface area contributed by atoms with Crippen LogP contribution in [0.5, 0.6) is 0 Å². The van der Waals surface area contributed by atoms with Crippen LogP contribution in [0.4, 0.5) is 0 Å². The lowest BCUT2D eigenvalue weighted by molar-refractivity contribution is 0.912. The van der Waals surface area contributed by atoms with Crippen LogP contribution in [-0.4, -0.2) is 14.1 Å². The Morgan fingerprint density at radius 3 is 1.42 bits per heavy atom. The van der Waals surface area contributed by atoms with Gasteiger partial charge in [-0.05, 0) is 54.8 Å². The Labute approximate surface area is 159 Å². The van der Waals surface area contributed by atoms with Crippen LogP contribution in [0.25, 0.3) is 0 Å². The average molecular weight is 346 g/mol. The van der Waals surface area contributed by atoms with Crippen molar-refractivity contribution in [3.8, 4) is 0 Å². The highest BCUT2D eigenvalue weighted by molar-refractivity contribution is 5.49. The van der Waals surface area contributed by atoms with Crippen molar-refractivity contribution < 1.29 is 0 Å². The molecule has 0 spiro atoms. The molecule has 0 aliphatic heterocycles. The maximum absolute atomic E-state index is 2.75. The summed E-state index contributed by atoms with van der Waals surface area (Å²) in [6.45, 7) is 4.49. The van der Waals surface area contributed by atoms with Gasteiger partial charge in [0.1, 0.15) is 0 Å². The van der Waals surface area contributed by atoms with Gasteiger partial charge in [0.05, 0.1) is 0 Å².